The van der Waals surface area contributed by atoms with Gasteiger partial charge in [0.15, 0.2) is 0 Å². The molecule has 0 amide bonds. The molecular weight excluding hydrogens is 247 g/mol. The zero-order valence-corrected chi connectivity index (χ0v) is 10.9. The molecule has 86 valence electrons. The Kier molecular flexibility index (Phi) is 3.97. The standard InChI is InChI=1S/C10H11O4PS/c1-6-4-7(2)9(8(3)5-6)10(11)15(12)16(13)14/h4-5H,1-3H3. The summed E-state index contributed by atoms with van der Waals surface area (Å²) in [5, 5.41) is 0. The van der Waals surface area contributed by atoms with Crippen LogP contribution in [-0.4, -0.2) is 13.9 Å². The molecule has 0 aliphatic heterocycles. The first-order chi connectivity index (χ1) is 7.34. The molecule has 1 rings (SSSR count). The summed E-state index contributed by atoms with van der Waals surface area (Å²) in [6, 6.07) is 3.52. The van der Waals surface area contributed by atoms with Crippen molar-refractivity contribution in [3.63, 3.8) is 0 Å². The molecule has 1 aromatic carbocycles. The summed E-state index contributed by atoms with van der Waals surface area (Å²) < 4.78 is 21.0. The first kappa shape index (κ1) is 13.0. The second-order valence-electron chi connectivity index (χ2n) is 3.55. The monoisotopic (exact) mass is 258 g/mol. The van der Waals surface area contributed by atoms with Gasteiger partial charge in [-0.3, -0.25) is 0 Å². The van der Waals surface area contributed by atoms with Gasteiger partial charge in [-0.25, -0.2) is 4.79 Å². The van der Waals surface area contributed by atoms with Crippen molar-refractivity contribution < 1.29 is 18.1 Å². The number of carbonyl (C=O) groups excluding carboxylic acids is 1. The maximum atomic E-state index is 11.7. The van der Waals surface area contributed by atoms with Crippen molar-refractivity contribution in [2.45, 2.75) is 20.8 Å². The van der Waals surface area contributed by atoms with Crippen LogP contribution in [0.2, 0.25) is 0 Å². The van der Waals surface area contributed by atoms with Crippen LogP contribution in [0, 0.1) is 20.8 Å². The van der Waals surface area contributed by atoms with Crippen LogP contribution in [-0.2, 0) is 9.88 Å². The lowest BCUT2D eigenvalue weighted by molar-refractivity contribution is -0.149. The molecular formula is C10H11O4PS. The van der Waals surface area contributed by atoms with Gasteiger partial charge < -0.3 is 4.89 Å². The van der Waals surface area contributed by atoms with Gasteiger partial charge in [0.25, 0.3) is 6.92 Å². The van der Waals surface area contributed by atoms with Gasteiger partial charge in [0.2, 0.25) is 0 Å². The van der Waals surface area contributed by atoms with Crippen molar-refractivity contribution in [1.29, 1.82) is 0 Å². The third-order valence-electron chi connectivity index (χ3n) is 2.19. The van der Waals surface area contributed by atoms with Crippen molar-refractivity contribution in [2.75, 3.05) is 0 Å². The minimum Gasteiger partial charge on any atom is -0.609 e. The van der Waals surface area contributed by atoms with E-state index in [4.69, 9.17) is 0 Å². The van der Waals surface area contributed by atoms with Crippen LogP contribution in [0.1, 0.15) is 27.0 Å². The van der Waals surface area contributed by atoms with Crippen LogP contribution < -0.4 is 4.89 Å². The summed E-state index contributed by atoms with van der Waals surface area (Å²) >= 11 is 0. The molecule has 1 aromatic rings. The lowest BCUT2D eigenvalue weighted by Crippen LogP contribution is -2.06. The molecule has 0 aliphatic carbocycles. The number of benzene rings is 1. The summed E-state index contributed by atoms with van der Waals surface area (Å²) in [5.74, 6) is 0. The van der Waals surface area contributed by atoms with Crippen molar-refractivity contribution >= 4 is 22.3 Å². The van der Waals surface area contributed by atoms with E-state index in [9.17, 15) is 18.1 Å². The Morgan fingerprint density at radius 2 is 1.62 bits per heavy atom. The number of carbonyl (C=O) groups is 1. The Balaban J connectivity index is 3.47. The molecule has 0 saturated carbocycles. The van der Waals surface area contributed by atoms with Gasteiger partial charge in [0.05, 0.1) is 5.56 Å². The summed E-state index contributed by atoms with van der Waals surface area (Å²) in [5.41, 5.74) is 1.70. The minimum absolute atomic E-state index is 0.246. The highest BCUT2D eigenvalue weighted by molar-refractivity contribution is 8.16. The molecule has 4 nitrogen and oxygen atoms in total. The highest BCUT2D eigenvalue weighted by atomic mass is 32.5. The molecule has 1 unspecified atom stereocenters. The molecule has 0 fully saturated rings. The average Bonchev–Trinajstić information content (AvgIpc) is 2.14. The van der Waals surface area contributed by atoms with Gasteiger partial charge in [-0.15, -0.1) is 8.42 Å². The minimum atomic E-state index is -2.89. The van der Waals surface area contributed by atoms with E-state index in [1.54, 1.807) is 26.0 Å². The Bertz CT molecular complexity index is 556. The number of hydrogen-bond donors (Lipinski definition) is 0. The highest BCUT2D eigenvalue weighted by Gasteiger charge is 2.23. The second-order valence-corrected chi connectivity index (χ2v) is 6.80. The predicted molar refractivity (Wildman–Crippen MR) is 60.8 cm³/mol. The number of hydrogen-bond acceptors (Lipinski definition) is 4. The van der Waals surface area contributed by atoms with Gasteiger partial charge >= 0.3 is 15.4 Å². The molecule has 0 aromatic heterocycles. The molecule has 0 radical (unpaired) electrons. The van der Waals surface area contributed by atoms with Gasteiger partial charge in [0.1, 0.15) is 0 Å². The molecule has 0 spiro atoms. The topological polar surface area (TPSA) is 74.3 Å². The predicted octanol–water partition coefficient (Wildman–Crippen LogP) is 1.30. The third-order valence-corrected chi connectivity index (χ3v) is 4.33. The van der Waals surface area contributed by atoms with Crippen molar-refractivity contribution in [1.82, 2.24) is 0 Å². The van der Waals surface area contributed by atoms with Crippen LogP contribution in [0.15, 0.2) is 12.1 Å². The molecule has 0 bridgehead atoms. The molecule has 0 saturated heterocycles. The maximum Gasteiger partial charge on any atom is 0.383 e. The Hall–Kier alpha value is -1.03. The van der Waals surface area contributed by atoms with Crippen LogP contribution >= 0.6 is 6.92 Å². The third kappa shape index (κ3) is 2.55. The van der Waals surface area contributed by atoms with E-state index in [-0.39, 0.29) is 5.56 Å². The van der Waals surface area contributed by atoms with E-state index in [2.05, 4.69) is 0 Å². The van der Waals surface area contributed by atoms with Gasteiger partial charge in [-0.05, 0) is 31.9 Å². The number of aryl methyl sites for hydroxylation is 3. The van der Waals surface area contributed by atoms with E-state index >= 15 is 0 Å². The molecule has 1 atom stereocenters. The van der Waals surface area contributed by atoms with E-state index in [1.807, 2.05) is 6.92 Å². The van der Waals surface area contributed by atoms with Crippen molar-refractivity contribution in [3.8, 4) is 0 Å². The SMILES string of the molecule is Cc1cc(C)c(C(=O)[P+]([O-])=S(=O)=O)c(C)c1. The van der Waals surface area contributed by atoms with Gasteiger partial charge in [0, 0.05) is 0 Å². The summed E-state index contributed by atoms with van der Waals surface area (Å²) in [6.45, 7) is 2.38. The smallest absolute Gasteiger partial charge is 0.383 e. The van der Waals surface area contributed by atoms with Gasteiger partial charge in [-0.1, -0.05) is 17.7 Å². The number of rotatable bonds is 2. The molecule has 6 heteroatoms. The highest BCUT2D eigenvalue weighted by Crippen LogP contribution is 2.25. The zero-order chi connectivity index (χ0) is 12.5. The molecule has 0 heterocycles. The zero-order valence-electron chi connectivity index (χ0n) is 9.14. The Morgan fingerprint density at radius 1 is 1.19 bits per heavy atom. The molecule has 16 heavy (non-hydrogen) atoms. The van der Waals surface area contributed by atoms with Crippen LogP contribution in [0.25, 0.3) is 0 Å². The first-order valence-electron chi connectivity index (χ1n) is 4.53. The van der Waals surface area contributed by atoms with Gasteiger partial charge in [-0.2, -0.15) is 0 Å². The fourth-order valence-electron chi connectivity index (χ4n) is 1.68. The average molecular weight is 258 g/mol. The first-order valence-corrected chi connectivity index (χ1v) is 7.47. The molecule has 0 N–H and O–H groups in total. The van der Waals surface area contributed by atoms with Crippen molar-refractivity contribution in [2.24, 2.45) is 0 Å². The van der Waals surface area contributed by atoms with Crippen LogP contribution in [0.3, 0.4) is 0 Å². The summed E-state index contributed by atoms with van der Waals surface area (Å²) in [4.78, 5) is 22.9. The maximum absolute atomic E-state index is 11.7. The van der Waals surface area contributed by atoms with E-state index in [0.717, 1.165) is 5.56 Å². The summed E-state index contributed by atoms with van der Waals surface area (Å²) in [7, 11) is -2.85. The lowest BCUT2D eigenvalue weighted by Gasteiger charge is -2.06. The van der Waals surface area contributed by atoms with Crippen molar-refractivity contribution in [3.05, 3.63) is 34.4 Å². The van der Waals surface area contributed by atoms with Crippen LogP contribution in [0.5, 0.6) is 0 Å². The fourth-order valence-corrected chi connectivity index (χ4v) is 3.03. The summed E-state index contributed by atoms with van der Waals surface area (Å²) in [6.07, 6.45) is 0. The van der Waals surface area contributed by atoms with E-state index in [1.165, 1.54) is 0 Å². The fraction of sp³-hybridized carbons (Fsp3) is 0.300. The Morgan fingerprint density at radius 3 is 2.00 bits per heavy atom. The molecule has 0 aliphatic rings. The quantitative estimate of drug-likeness (QED) is 0.749. The van der Waals surface area contributed by atoms with E-state index < -0.39 is 22.3 Å². The van der Waals surface area contributed by atoms with Crippen LogP contribution in [0.4, 0.5) is 0 Å². The Labute approximate surface area is 96.0 Å². The lowest BCUT2D eigenvalue weighted by atomic mass is 10.0. The largest absolute Gasteiger partial charge is 0.609 e. The second kappa shape index (κ2) is 4.87. The normalized spacial score (nSPS) is 11.1. The van der Waals surface area contributed by atoms with E-state index in [0.29, 0.717) is 11.1 Å².